The van der Waals surface area contributed by atoms with Gasteiger partial charge in [-0.1, -0.05) is 11.6 Å². The Balaban J connectivity index is 0.00000220. The van der Waals surface area contributed by atoms with Crippen LogP contribution < -0.4 is 5.73 Å². The second-order valence-corrected chi connectivity index (χ2v) is 6.17. The number of anilines is 1. The average Bonchev–Trinajstić information content (AvgIpc) is 2.84. The molecule has 0 radical (unpaired) electrons. The van der Waals surface area contributed by atoms with Gasteiger partial charge in [-0.2, -0.15) is 0 Å². The number of hydrogen-bond donors (Lipinski definition) is 1. The summed E-state index contributed by atoms with van der Waals surface area (Å²) >= 11 is 7.40. The van der Waals surface area contributed by atoms with Crippen molar-refractivity contribution >= 4 is 46.9 Å². The van der Waals surface area contributed by atoms with Crippen LogP contribution in [-0.4, -0.2) is 22.3 Å². The van der Waals surface area contributed by atoms with Gasteiger partial charge in [-0.25, -0.2) is 0 Å². The second kappa shape index (κ2) is 8.22. The fourth-order valence-corrected chi connectivity index (χ4v) is 2.91. The number of nitrogens with two attached hydrogens (primary N) is 1. The lowest BCUT2D eigenvalue weighted by atomic mass is 10.2. The van der Waals surface area contributed by atoms with E-state index < -0.39 is 0 Å². The molecule has 2 heterocycles. The van der Waals surface area contributed by atoms with Crippen LogP contribution in [0.25, 0.3) is 0 Å². The van der Waals surface area contributed by atoms with E-state index in [1.165, 1.54) is 11.3 Å². The molecule has 0 atom stereocenters. The zero-order valence-corrected chi connectivity index (χ0v) is 14.0. The number of carbonyl (C=O) groups is 1. The van der Waals surface area contributed by atoms with Crippen molar-refractivity contribution in [3.8, 4) is 0 Å². The summed E-state index contributed by atoms with van der Waals surface area (Å²) in [6.07, 6.45) is 1.85. The Hall–Kier alpha value is -1.30. The van der Waals surface area contributed by atoms with Gasteiger partial charge >= 0.3 is 0 Å². The molecule has 0 unspecified atom stereocenters. The zero-order valence-electron chi connectivity index (χ0n) is 11.6. The number of nitrogen functional groups attached to an aromatic ring is 1. The molecular weight excluding hydrogens is 329 g/mol. The summed E-state index contributed by atoms with van der Waals surface area (Å²) in [5.74, 6) is 0.0503. The number of thiophene rings is 1. The zero-order chi connectivity index (χ0) is 14.5. The Labute approximate surface area is 139 Å². The molecule has 0 spiro atoms. The molecule has 0 aliphatic heterocycles. The topological polar surface area (TPSA) is 59.2 Å². The first-order valence-electron chi connectivity index (χ1n) is 6.31. The summed E-state index contributed by atoms with van der Waals surface area (Å²) in [4.78, 5) is 19.3. The van der Waals surface area contributed by atoms with Gasteiger partial charge in [-0.05, 0) is 31.2 Å². The minimum atomic E-state index is 0. The highest BCUT2D eigenvalue weighted by Gasteiger charge is 2.14. The highest BCUT2D eigenvalue weighted by atomic mass is 35.5. The number of rotatable bonds is 5. The summed E-state index contributed by atoms with van der Waals surface area (Å²) in [6, 6.07) is 7.33. The van der Waals surface area contributed by atoms with E-state index in [1.54, 1.807) is 23.2 Å². The van der Waals surface area contributed by atoms with Gasteiger partial charge in [0.15, 0.2) is 0 Å². The van der Waals surface area contributed by atoms with E-state index in [9.17, 15) is 4.79 Å². The third-order valence-corrected chi connectivity index (χ3v) is 4.11. The average molecular weight is 346 g/mol. The van der Waals surface area contributed by atoms with Crippen molar-refractivity contribution in [3.05, 3.63) is 45.4 Å². The van der Waals surface area contributed by atoms with Gasteiger partial charge < -0.3 is 10.6 Å². The van der Waals surface area contributed by atoms with Crippen molar-refractivity contribution in [2.45, 2.75) is 19.9 Å². The number of hydrogen-bond acceptors (Lipinski definition) is 4. The highest BCUT2D eigenvalue weighted by Crippen LogP contribution is 2.22. The first kappa shape index (κ1) is 17.8. The van der Waals surface area contributed by atoms with E-state index in [2.05, 4.69) is 4.98 Å². The predicted octanol–water partition coefficient (Wildman–Crippen LogP) is 3.39. The van der Waals surface area contributed by atoms with Crippen molar-refractivity contribution in [3.63, 3.8) is 0 Å². The lowest BCUT2D eigenvalue weighted by Crippen LogP contribution is -2.31. The maximum Gasteiger partial charge on any atom is 0.228 e. The van der Waals surface area contributed by atoms with Crippen LogP contribution in [0.5, 0.6) is 0 Å². The van der Waals surface area contributed by atoms with Gasteiger partial charge in [0.25, 0.3) is 0 Å². The monoisotopic (exact) mass is 345 g/mol. The number of halogens is 2. The molecule has 2 aromatic heterocycles. The van der Waals surface area contributed by atoms with E-state index in [4.69, 9.17) is 17.3 Å². The van der Waals surface area contributed by atoms with Gasteiger partial charge in [-0.3, -0.25) is 9.78 Å². The van der Waals surface area contributed by atoms with Crippen LogP contribution in [0, 0.1) is 0 Å². The van der Waals surface area contributed by atoms with Crippen LogP contribution >= 0.6 is 35.3 Å². The van der Waals surface area contributed by atoms with E-state index in [1.807, 2.05) is 19.1 Å². The molecule has 0 aromatic carbocycles. The standard InChI is InChI=1S/C14H16ClN3OS.ClH/c1-2-18(9-12-5-6-13(15)20-12)14(19)7-11-4-3-10(16)8-17-11;/h3-6,8H,2,7,9,16H2,1H3;1H. The SMILES string of the molecule is CCN(Cc1ccc(Cl)s1)C(=O)Cc1ccc(N)cn1.Cl. The third kappa shape index (κ3) is 5.19. The maximum atomic E-state index is 12.3. The lowest BCUT2D eigenvalue weighted by molar-refractivity contribution is -0.130. The molecular formula is C14H17Cl2N3OS. The van der Waals surface area contributed by atoms with E-state index in [0.717, 1.165) is 14.9 Å². The summed E-state index contributed by atoms with van der Waals surface area (Å²) in [7, 11) is 0. The smallest absolute Gasteiger partial charge is 0.228 e. The lowest BCUT2D eigenvalue weighted by Gasteiger charge is -2.20. The minimum absolute atomic E-state index is 0. The number of likely N-dealkylation sites (N-methyl/N-ethyl adjacent to an activating group) is 1. The van der Waals surface area contributed by atoms with E-state index >= 15 is 0 Å². The molecule has 4 nitrogen and oxygen atoms in total. The fraction of sp³-hybridized carbons (Fsp3) is 0.286. The first-order valence-corrected chi connectivity index (χ1v) is 7.50. The van der Waals surface area contributed by atoms with Gasteiger partial charge in [-0.15, -0.1) is 23.7 Å². The summed E-state index contributed by atoms with van der Waals surface area (Å²) in [5.41, 5.74) is 6.91. The Morgan fingerprint density at radius 2 is 2.14 bits per heavy atom. The number of nitrogens with zero attached hydrogens (tertiary/aromatic N) is 2. The van der Waals surface area contributed by atoms with Crippen LogP contribution in [-0.2, 0) is 17.8 Å². The molecule has 2 aromatic rings. The number of carbonyl (C=O) groups excluding carboxylic acids is 1. The number of pyridine rings is 1. The van der Waals surface area contributed by atoms with Crippen molar-refractivity contribution in [1.29, 1.82) is 0 Å². The molecule has 1 amide bonds. The van der Waals surface area contributed by atoms with Gasteiger partial charge in [0.1, 0.15) is 0 Å². The summed E-state index contributed by atoms with van der Waals surface area (Å²) in [6.45, 7) is 3.20. The van der Waals surface area contributed by atoms with Crippen molar-refractivity contribution in [2.75, 3.05) is 12.3 Å². The van der Waals surface area contributed by atoms with E-state index in [0.29, 0.717) is 18.8 Å². The molecule has 114 valence electrons. The van der Waals surface area contributed by atoms with Crippen molar-refractivity contribution < 1.29 is 4.79 Å². The molecule has 0 fully saturated rings. The molecule has 7 heteroatoms. The van der Waals surface area contributed by atoms with Crippen molar-refractivity contribution in [1.82, 2.24) is 9.88 Å². The van der Waals surface area contributed by atoms with Gasteiger partial charge in [0.05, 0.1) is 29.2 Å². The Morgan fingerprint density at radius 3 is 2.67 bits per heavy atom. The minimum Gasteiger partial charge on any atom is -0.397 e. The van der Waals surface area contributed by atoms with Gasteiger partial charge in [0.2, 0.25) is 5.91 Å². The molecule has 2 N–H and O–H groups in total. The second-order valence-electron chi connectivity index (χ2n) is 4.37. The maximum absolute atomic E-state index is 12.3. The van der Waals surface area contributed by atoms with Crippen LogP contribution in [0.2, 0.25) is 4.34 Å². The van der Waals surface area contributed by atoms with Gasteiger partial charge in [0, 0.05) is 17.1 Å². The molecule has 0 aliphatic rings. The molecule has 2 rings (SSSR count). The predicted molar refractivity (Wildman–Crippen MR) is 90.0 cm³/mol. The van der Waals surface area contributed by atoms with Crippen LogP contribution in [0.4, 0.5) is 5.69 Å². The largest absolute Gasteiger partial charge is 0.397 e. The molecule has 0 saturated carbocycles. The quantitative estimate of drug-likeness (QED) is 0.903. The van der Waals surface area contributed by atoms with Crippen LogP contribution in [0.3, 0.4) is 0 Å². The summed E-state index contributed by atoms with van der Waals surface area (Å²) in [5, 5.41) is 0. The normalized spacial score (nSPS) is 10.0. The Kier molecular flexibility index (Phi) is 6.95. The highest BCUT2D eigenvalue weighted by molar-refractivity contribution is 7.16. The molecule has 21 heavy (non-hydrogen) atoms. The first-order chi connectivity index (χ1) is 9.58. The van der Waals surface area contributed by atoms with E-state index in [-0.39, 0.29) is 24.7 Å². The molecule has 0 aliphatic carbocycles. The Bertz CT molecular complexity index is 586. The summed E-state index contributed by atoms with van der Waals surface area (Å²) < 4.78 is 0.740. The van der Waals surface area contributed by atoms with Crippen LogP contribution in [0.1, 0.15) is 17.5 Å². The molecule has 0 bridgehead atoms. The third-order valence-electron chi connectivity index (χ3n) is 2.89. The number of amides is 1. The van der Waals surface area contributed by atoms with Crippen molar-refractivity contribution in [2.24, 2.45) is 0 Å². The number of aromatic nitrogens is 1. The fourth-order valence-electron chi connectivity index (χ4n) is 1.81. The van der Waals surface area contributed by atoms with Crippen LogP contribution in [0.15, 0.2) is 30.5 Å². The molecule has 0 saturated heterocycles. The Morgan fingerprint density at radius 1 is 1.38 bits per heavy atom.